The minimum absolute atomic E-state index is 0.239. The zero-order valence-electron chi connectivity index (χ0n) is 6.67. The predicted octanol–water partition coefficient (Wildman–Crippen LogP) is 2.46. The van der Waals surface area contributed by atoms with E-state index in [4.69, 9.17) is 3.79 Å². The minimum atomic E-state index is -1.08. The standard InChI is InChI=1S/C6H5FO.2CH3.Al/c7-5-2-1-3-6(8)4-5;;;/h1-4,8H;2*1H3;/q;;;+1/p-1. The number of halogens is 1. The summed E-state index contributed by atoms with van der Waals surface area (Å²) >= 11 is -1.08. The Morgan fingerprint density at radius 1 is 1.36 bits per heavy atom. The molecule has 0 aromatic heterocycles. The lowest BCUT2D eigenvalue weighted by Gasteiger charge is -2.06. The van der Waals surface area contributed by atoms with Crippen molar-refractivity contribution in [2.75, 3.05) is 0 Å². The molecule has 0 fully saturated rings. The van der Waals surface area contributed by atoms with E-state index in [9.17, 15) is 4.39 Å². The summed E-state index contributed by atoms with van der Waals surface area (Å²) in [7, 11) is 0. The van der Waals surface area contributed by atoms with Crippen molar-refractivity contribution < 1.29 is 8.18 Å². The van der Waals surface area contributed by atoms with Gasteiger partial charge >= 0.3 is 14.5 Å². The van der Waals surface area contributed by atoms with E-state index in [0.29, 0.717) is 5.75 Å². The van der Waals surface area contributed by atoms with E-state index in [-0.39, 0.29) is 5.82 Å². The molecular weight excluding hydrogens is 158 g/mol. The monoisotopic (exact) mass is 168 g/mol. The van der Waals surface area contributed by atoms with Crippen LogP contribution >= 0.6 is 0 Å². The first-order chi connectivity index (χ1) is 5.18. The summed E-state index contributed by atoms with van der Waals surface area (Å²) in [5, 5.41) is 0. The lowest BCUT2D eigenvalue weighted by Crippen LogP contribution is -2.10. The molecule has 1 aromatic carbocycles. The molecule has 0 radical (unpaired) electrons. The molecule has 0 aliphatic carbocycles. The molecule has 58 valence electrons. The number of benzene rings is 1. The molecule has 0 saturated carbocycles. The highest BCUT2D eigenvalue weighted by molar-refractivity contribution is 6.49. The zero-order valence-corrected chi connectivity index (χ0v) is 7.83. The Balaban J connectivity index is 2.71. The van der Waals surface area contributed by atoms with Crippen LogP contribution in [0.25, 0.3) is 0 Å². The van der Waals surface area contributed by atoms with Gasteiger partial charge in [-0.25, -0.2) is 4.39 Å². The molecule has 0 spiro atoms. The quantitative estimate of drug-likeness (QED) is 0.616. The molecule has 0 saturated heterocycles. The third-order valence-corrected chi connectivity index (χ3v) is 1.91. The lowest BCUT2D eigenvalue weighted by molar-refractivity contribution is 0.563. The smallest absolute Gasteiger partial charge is 0.539 e. The largest absolute Gasteiger partial charge is 0.643 e. The van der Waals surface area contributed by atoms with Crippen molar-refractivity contribution in [1.82, 2.24) is 0 Å². The summed E-state index contributed by atoms with van der Waals surface area (Å²) in [4.78, 5) is 0. The summed E-state index contributed by atoms with van der Waals surface area (Å²) in [5.74, 6) is 4.50. The highest BCUT2D eigenvalue weighted by Crippen LogP contribution is 2.12. The van der Waals surface area contributed by atoms with Gasteiger partial charge in [-0.1, -0.05) is 17.6 Å². The first kappa shape index (κ1) is 8.58. The second-order valence-corrected chi connectivity index (χ2v) is 4.96. The fourth-order valence-corrected chi connectivity index (χ4v) is 1.50. The van der Waals surface area contributed by atoms with Gasteiger partial charge in [0, 0.05) is 6.07 Å². The van der Waals surface area contributed by atoms with Gasteiger partial charge in [0.25, 0.3) is 0 Å². The third kappa shape index (κ3) is 2.92. The summed E-state index contributed by atoms with van der Waals surface area (Å²) < 4.78 is 17.9. The van der Waals surface area contributed by atoms with Crippen molar-refractivity contribution in [3.63, 3.8) is 0 Å². The van der Waals surface area contributed by atoms with E-state index >= 15 is 0 Å². The van der Waals surface area contributed by atoms with Crippen molar-refractivity contribution in [2.45, 2.75) is 11.6 Å². The SMILES string of the molecule is [CH3][Al]([CH3])[O]c1cccc(F)c1. The maximum absolute atomic E-state index is 12.6. The molecule has 0 bridgehead atoms. The van der Waals surface area contributed by atoms with Crippen LogP contribution in [0.3, 0.4) is 0 Å². The Bertz CT molecular complexity index is 237. The van der Waals surface area contributed by atoms with Crippen LogP contribution in [0.4, 0.5) is 4.39 Å². The van der Waals surface area contributed by atoms with Gasteiger partial charge in [0.05, 0.1) is 5.75 Å². The van der Waals surface area contributed by atoms with Gasteiger partial charge in [-0.2, -0.15) is 0 Å². The Hall–Kier alpha value is -0.518. The Labute approximate surface area is 70.5 Å². The van der Waals surface area contributed by atoms with Crippen molar-refractivity contribution >= 4 is 14.5 Å². The normalized spacial score (nSPS) is 9.36. The maximum Gasteiger partial charge on any atom is 0.539 e. The van der Waals surface area contributed by atoms with Crippen molar-refractivity contribution in [1.29, 1.82) is 0 Å². The van der Waals surface area contributed by atoms with E-state index in [1.54, 1.807) is 12.1 Å². The van der Waals surface area contributed by atoms with Crippen LogP contribution in [0.1, 0.15) is 0 Å². The molecule has 0 aliphatic rings. The van der Waals surface area contributed by atoms with Gasteiger partial charge in [0.1, 0.15) is 5.82 Å². The fourth-order valence-electron chi connectivity index (χ4n) is 0.812. The summed E-state index contributed by atoms with van der Waals surface area (Å²) in [6.07, 6.45) is 0. The molecule has 0 amide bonds. The van der Waals surface area contributed by atoms with Gasteiger partial charge in [-0.3, -0.25) is 0 Å². The third-order valence-electron chi connectivity index (χ3n) is 1.17. The molecule has 1 nitrogen and oxygen atoms in total. The van der Waals surface area contributed by atoms with Crippen LogP contribution in [0, 0.1) is 5.82 Å². The summed E-state index contributed by atoms with van der Waals surface area (Å²) in [6.45, 7) is 0. The van der Waals surface area contributed by atoms with Crippen LogP contribution < -0.4 is 3.79 Å². The van der Waals surface area contributed by atoms with Gasteiger partial charge in [0.2, 0.25) is 0 Å². The van der Waals surface area contributed by atoms with Crippen molar-refractivity contribution in [2.24, 2.45) is 0 Å². The highest BCUT2D eigenvalue weighted by atomic mass is 27.2. The fraction of sp³-hybridized carbons (Fsp3) is 0.250. The molecular formula is C8H10AlFO. The highest BCUT2D eigenvalue weighted by Gasteiger charge is 2.06. The van der Waals surface area contributed by atoms with Crippen LogP contribution in [0.5, 0.6) is 5.75 Å². The molecule has 11 heavy (non-hydrogen) atoms. The Morgan fingerprint density at radius 2 is 2.09 bits per heavy atom. The topological polar surface area (TPSA) is 9.23 Å². The molecule has 0 N–H and O–H groups in total. The average molecular weight is 168 g/mol. The zero-order chi connectivity index (χ0) is 8.27. The average Bonchev–Trinajstić information content (AvgIpc) is 1.85. The summed E-state index contributed by atoms with van der Waals surface area (Å²) in [6, 6.07) is 6.25. The first-order valence-corrected chi connectivity index (χ1v) is 6.39. The minimum Gasteiger partial charge on any atom is -0.643 e. The Kier molecular flexibility index (Phi) is 2.93. The van der Waals surface area contributed by atoms with Crippen molar-refractivity contribution in [3.05, 3.63) is 30.1 Å². The van der Waals surface area contributed by atoms with Gasteiger partial charge in [-0.05, 0) is 12.1 Å². The molecule has 0 unspecified atom stereocenters. The molecule has 1 rings (SSSR count). The van der Waals surface area contributed by atoms with Crippen LogP contribution in [-0.2, 0) is 0 Å². The first-order valence-electron chi connectivity index (χ1n) is 3.60. The molecule has 0 heterocycles. The van der Waals surface area contributed by atoms with E-state index in [0.717, 1.165) is 0 Å². The van der Waals surface area contributed by atoms with Crippen LogP contribution in [0.2, 0.25) is 11.6 Å². The van der Waals surface area contributed by atoms with E-state index < -0.39 is 14.5 Å². The molecule has 0 aliphatic heterocycles. The molecule has 1 aromatic rings. The van der Waals surface area contributed by atoms with Gasteiger partial charge in [-0.15, -0.1) is 0 Å². The molecule has 3 heteroatoms. The predicted molar refractivity (Wildman–Crippen MR) is 44.5 cm³/mol. The van der Waals surface area contributed by atoms with E-state index in [1.165, 1.54) is 12.1 Å². The van der Waals surface area contributed by atoms with Crippen LogP contribution in [0.15, 0.2) is 24.3 Å². The van der Waals surface area contributed by atoms with Gasteiger partial charge < -0.3 is 3.79 Å². The maximum atomic E-state index is 12.6. The van der Waals surface area contributed by atoms with Gasteiger partial charge in [0.15, 0.2) is 0 Å². The Morgan fingerprint density at radius 3 is 2.64 bits per heavy atom. The lowest BCUT2D eigenvalue weighted by atomic mass is 10.3. The van der Waals surface area contributed by atoms with Crippen LogP contribution in [-0.4, -0.2) is 14.5 Å². The number of rotatable bonds is 2. The second kappa shape index (κ2) is 3.75. The molecule has 0 atom stereocenters. The second-order valence-electron chi connectivity index (χ2n) is 2.62. The number of hydrogen-bond acceptors (Lipinski definition) is 1. The van der Waals surface area contributed by atoms with Crippen molar-refractivity contribution in [3.8, 4) is 5.75 Å². The summed E-state index contributed by atoms with van der Waals surface area (Å²) in [5.41, 5.74) is 0. The van der Waals surface area contributed by atoms with E-state index in [2.05, 4.69) is 0 Å². The number of hydrogen-bond donors (Lipinski definition) is 0. The van der Waals surface area contributed by atoms with E-state index in [1.807, 2.05) is 11.6 Å².